The predicted molar refractivity (Wildman–Crippen MR) is 113 cm³/mol. The Hall–Kier alpha value is -2.86. The van der Waals surface area contributed by atoms with Crippen LogP contribution in [0.2, 0.25) is 0 Å². The molecular weight excluding hydrogens is 362 g/mol. The van der Waals surface area contributed by atoms with Gasteiger partial charge in [-0.05, 0) is 67.7 Å². The van der Waals surface area contributed by atoms with Crippen molar-refractivity contribution in [2.75, 3.05) is 31.6 Å². The molecular formula is C23H25N5O. The lowest BCUT2D eigenvalue weighted by Crippen LogP contribution is -2.67. The normalized spacial score (nSPS) is 23.3. The highest BCUT2D eigenvalue weighted by molar-refractivity contribution is 5.78. The van der Waals surface area contributed by atoms with E-state index in [9.17, 15) is 0 Å². The third-order valence-corrected chi connectivity index (χ3v) is 6.83. The van der Waals surface area contributed by atoms with Crippen LogP contribution < -0.4 is 9.64 Å². The maximum Gasteiger partial charge on any atom is 0.223 e. The molecule has 1 spiro atoms. The summed E-state index contributed by atoms with van der Waals surface area (Å²) in [5.41, 5.74) is 6.00. The maximum atomic E-state index is 6.11. The van der Waals surface area contributed by atoms with Crippen LogP contribution in [0, 0.1) is 0 Å². The third kappa shape index (κ3) is 2.66. The van der Waals surface area contributed by atoms with Gasteiger partial charge in [-0.3, -0.25) is 5.10 Å². The van der Waals surface area contributed by atoms with E-state index in [-0.39, 0.29) is 5.54 Å². The van der Waals surface area contributed by atoms with Gasteiger partial charge in [0.25, 0.3) is 0 Å². The first-order chi connectivity index (χ1) is 14.2. The van der Waals surface area contributed by atoms with Gasteiger partial charge >= 0.3 is 0 Å². The van der Waals surface area contributed by atoms with Gasteiger partial charge in [-0.25, -0.2) is 0 Å². The van der Waals surface area contributed by atoms with Gasteiger partial charge in [0.1, 0.15) is 12.4 Å². The minimum absolute atomic E-state index is 0.264. The van der Waals surface area contributed by atoms with E-state index in [0.717, 1.165) is 41.5 Å². The average molecular weight is 387 g/mol. The van der Waals surface area contributed by atoms with Crippen LogP contribution >= 0.6 is 0 Å². The van der Waals surface area contributed by atoms with E-state index < -0.39 is 0 Å². The number of pyridine rings is 1. The Morgan fingerprint density at radius 3 is 2.79 bits per heavy atom. The zero-order valence-electron chi connectivity index (χ0n) is 16.7. The van der Waals surface area contributed by atoms with Crippen molar-refractivity contribution in [3.8, 4) is 28.1 Å². The van der Waals surface area contributed by atoms with Gasteiger partial charge in [-0.2, -0.15) is 10.1 Å². The monoisotopic (exact) mass is 387 g/mol. The van der Waals surface area contributed by atoms with E-state index in [2.05, 4.69) is 57.4 Å². The number of aromatic nitrogens is 3. The summed E-state index contributed by atoms with van der Waals surface area (Å²) < 4.78 is 6.11. The number of H-pyrrole nitrogens is 1. The summed E-state index contributed by atoms with van der Waals surface area (Å²) in [4.78, 5) is 9.91. The van der Waals surface area contributed by atoms with Crippen LogP contribution in [0.5, 0.6) is 5.88 Å². The molecule has 1 unspecified atom stereocenters. The first kappa shape index (κ1) is 17.0. The summed E-state index contributed by atoms with van der Waals surface area (Å²) >= 11 is 0. The largest absolute Gasteiger partial charge is 0.472 e. The van der Waals surface area contributed by atoms with E-state index in [1.54, 1.807) is 0 Å². The molecule has 0 amide bonds. The minimum Gasteiger partial charge on any atom is -0.472 e. The highest BCUT2D eigenvalue weighted by Gasteiger charge is 2.47. The second kappa shape index (κ2) is 6.32. The van der Waals surface area contributed by atoms with Crippen LogP contribution in [0.3, 0.4) is 0 Å². The quantitative estimate of drug-likeness (QED) is 0.727. The van der Waals surface area contributed by atoms with Gasteiger partial charge in [-0.15, -0.1) is 0 Å². The Kier molecular flexibility index (Phi) is 3.71. The van der Waals surface area contributed by atoms with E-state index >= 15 is 0 Å². The molecule has 29 heavy (non-hydrogen) atoms. The summed E-state index contributed by atoms with van der Waals surface area (Å²) in [6, 6.07) is 10.9. The SMILES string of the molecule is CN1CCCC2(CCN2c2ccc3c(n2)OCc2cc(-c4cn[nH]c4)ccc2-3)C1. The van der Waals surface area contributed by atoms with E-state index in [4.69, 9.17) is 9.72 Å². The molecule has 0 bridgehead atoms. The number of fused-ring (bicyclic) bond motifs is 3. The molecule has 6 rings (SSSR count). The molecule has 0 aliphatic carbocycles. The number of likely N-dealkylation sites (tertiary alicyclic amines) is 1. The molecule has 3 aromatic rings. The predicted octanol–water partition coefficient (Wildman–Crippen LogP) is 3.71. The Balaban J connectivity index is 1.32. The lowest BCUT2D eigenvalue weighted by Gasteiger charge is -2.57. The first-order valence-electron chi connectivity index (χ1n) is 10.4. The lowest BCUT2D eigenvalue weighted by atomic mass is 9.77. The zero-order chi connectivity index (χ0) is 19.4. The molecule has 6 heteroatoms. The van der Waals surface area contributed by atoms with Gasteiger partial charge in [0, 0.05) is 30.4 Å². The van der Waals surface area contributed by atoms with Crippen molar-refractivity contribution < 1.29 is 4.74 Å². The summed E-state index contributed by atoms with van der Waals surface area (Å²) in [5, 5.41) is 6.93. The van der Waals surface area contributed by atoms with E-state index in [0.29, 0.717) is 6.61 Å². The highest BCUT2D eigenvalue weighted by atomic mass is 16.5. The molecule has 5 heterocycles. The van der Waals surface area contributed by atoms with Crippen molar-refractivity contribution in [3.05, 3.63) is 48.3 Å². The standard InChI is InChI=1S/C23H25N5O/c1-27-9-2-7-23(15-27)8-10-28(23)21-6-5-20-19-4-3-16(18-12-24-25-13-18)11-17(19)14-29-22(20)26-21/h3-6,11-13H,2,7-10,14-15H2,1H3,(H,24,25). The van der Waals surface area contributed by atoms with Crippen molar-refractivity contribution >= 4 is 5.82 Å². The number of nitrogens with one attached hydrogen (secondary N) is 1. The summed E-state index contributed by atoms with van der Waals surface area (Å²) in [6.45, 7) is 3.97. The first-order valence-corrected chi connectivity index (χ1v) is 10.4. The number of hydrogen-bond donors (Lipinski definition) is 1. The number of nitrogens with zero attached hydrogens (tertiary/aromatic N) is 4. The summed E-state index contributed by atoms with van der Waals surface area (Å²) in [7, 11) is 2.23. The van der Waals surface area contributed by atoms with Crippen molar-refractivity contribution in [1.82, 2.24) is 20.1 Å². The summed E-state index contributed by atoms with van der Waals surface area (Å²) in [5.74, 6) is 1.82. The van der Waals surface area contributed by atoms with Crippen molar-refractivity contribution in [3.63, 3.8) is 0 Å². The maximum absolute atomic E-state index is 6.11. The fourth-order valence-corrected chi connectivity index (χ4v) is 5.27. The van der Waals surface area contributed by atoms with E-state index in [1.165, 1.54) is 36.9 Å². The van der Waals surface area contributed by atoms with Gasteiger partial charge in [-0.1, -0.05) is 12.1 Å². The molecule has 6 nitrogen and oxygen atoms in total. The van der Waals surface area contributed by atoms with Crippen LogP contribution in [0.15, 0.2) is 42.7 Å². The van der Waals surface area contributed by atoms with Crippen LogP contribution in [-0.4, -0.2) is 52.3 Å². The van der Waals surface area contributed by atoms with Gasteiger partial charge in [0.2, 0.25) is 5.88 Å². The summed E-state index contributed by atoms with van der Waals surface area (Å²) in [6.07, 6.45) is 7.55. The second-order valence-corrected chi connectivity index (χ2v) is 8.64. The number of likely N-dealkylation sites (N-methyl/N-ethyl adjacent to an activating group) is 1. The molecule has 1 atom stereocenters. The molecule has 0 radical (unpaired) electrons. The van der Waals surface area contributed by atoms with Crippen LogP contribution in [0.25, 0.3) is 22.3 Å². The fourth-order valence-electron chi connectivity index (χ4n) is 5.27. The Bertz CT molecular complexity index is 1060. The molecule has 2 aromatic heterocycles. The Morgan fingerprint density at radius 2 is 2.00 bits per heavy atom. The number of ether oxygens (including phenoxy) is 1. The molecule has 3 aliphatic heterocycles. The van der Waals surface area contributed by atoms with Gasteiger partial charge in [0.05, 0.1) is 11.7 Å². The number of rotatable bonds is 2. The zero-order valence-corrected chi connectivity index (χ0v) is 16.7. The highest BCUT2D eigenvalue weighted by Crippen LogP contribution is 2.44. The molecule has 0 saturated carbocycles. The Labute approximate surface area is 170 Å². The molecule has 148 valence electrons. The van der Waals surface area contributed by atoms with Crippen molar-refractivity contribution in [2.24, 2.45) is 0 Å². The van der Waals surface area contributed by atoms with E-state index in [1.807, 2.05) is 12.4 Å². The Morgan fingerprint density at radius 1 is 1.07 bits per heavy atom. The average Bonchev–Trinajstić information content (AvgIpc) is 3.27. The second-order valence-electron chi connectivity index (χ2n) is 8.64. The minimum atomic E-state index is 0.264. The van der Waals surface area contributed by atoms with Crippen LogP contribution in [0.4, 0.5) is 5.82 Å². The topological polar surface area (TPSA) is 57.3 Å². The molecule has 2 saturated heterocycles. The smallest absolute Gasteiger partial charge is 0.223 e. The lowest BCUT2D eigenvalue weighted by molar-refractivity contribution is 0.122. The molecule has 2 fully saturated rings. The third-order valence-electron chi connectivity index (χ3n) is 6.83. The number of benzene rings is 1. The molecule has 1 aromatic carbocycles. The number of hydrogen-bond acceptors (Lipinski definition) is 5. The van der Waals surface area contributed by atoms with Crippen molar-refractivity contribution in [2.45, 2.75) is 31.4 Å². The van der Waals surface area contributed by atoms with Crippen LogP contribution in [-0.2, 0) is 6.61 Å². The van der Waals surface area contributed by atoms with Crippen LogP contribution in [0.1, 0.15) is 24.8 Å². The molecule has 3 aliphatic rings. The van der Waals surface area contributed by atoms with Crippen molar-refractivity contribution in [1.29, 1.82) is 0 Å². The number of anilines is 1. The number of aromatic amines is 1. The van der Waals surface area contributed by atoms with Gasteiger partial charge in [0.15, 0.2) is 0 Å². The molecule has 1 N–H and O–H groups in total. The fraction of sp³-hybridized carbons (Fsp3) is 0.391. The van der Waals surface area contributed by atoms with Gasteiger partial charge < -0.3 is 14.5 Å². The number of piperidine rings is 1.